The number of carbonyl (C=O) groups excluding carboxylic acids is 2. The fraction of sp³-hybridized carbons (Fsp3) is 0.143. The third-order valence-electron chi connectivity index (χ3n) is 4.53. The highest BCUT2D eigenvalue weighted by atomic mass is 19.1. The Bertz CT molecular complexity index is 1210. The van der Waals surface area contributed by atoms with Crippen LogP contribution in [0.1, 0.15) is 11.5 Å². The van der Waals surface area contributed by atoms with Crippen molar-refractivity contribution in [1.82, 2.24) is 20.5 Å². The molecule has 0 radical (unpaired) electrons. The van der Waals surface area contributed by atoms with E-state index in [1.165, 1.54) is 12.1 Å². The maximum absolute atomic E-state index is 13.4. The molecule has 30 heavy (non-hydrogen) atoms. The average Bonchev–Trinajstić information content (AvgIpc) is 3.34. The Hall–Kier alpha value is -4.01. The van der Waals surface area contributed by atoms with Crippen molar-refractivity contribution in [1.29, 1.82) is 0 Å². The quantitative estimate of drug-likeness (QED) is 0.440. The predicted molar refractivity (Wildman–Crippen MR) is 108 cm³/mol. The number of aromatic amines is 1. The number of nitrogens with one attached hydrogen (secondary N) is 3. The Morgan fingerprint density at radius 1 is 1.10 bits per heavy atom. The first-order valence-electron chi connectivity index (χ1n) is 9.25. The smallest absolute Gasteiger partial charge is 0.313 e. The molecule has 8 nitrogen and oxygen atoms in total. The molecule has 4 rings (SSSR count). The zero-order chi connectivity index (χ0) is 21.1. The lowest BCUT2D eigenvalue weighted by atomic mass is 10.1. The van der Waals surface area contributed by atoms with Crippen LogP contribution in [0.5, 0.6) is 0 Å². The number of halogens is 1. The van der Waals surface area contributed by atoms with Crippen LogP contribution in [0.25, 0.3) is 22.4 Å². The number of carbonyl (C=O) groups is 2. The molecule has 0 aliphatic rings. The van der Waals surface area contributed by atoms with E-state index in [1.807, 2.05) is 0 Å². The lowest BCUT2D eigenvalue weighted by Crippen LogP contribution is -2.36. The van der Waals surface area contributed by atoms with Gasteiger partial charge in [-0.1, -0.05) is 0 Å². The summed E-state index contributed by atoms with van der Waals surface area (Å²) in [6.07, 6.45) is 2.23. The summed E-state index contributed by atoms with van der Waals surface area (Å²) in [6, 6.07) is 11.2. The van der Waals surface area contributed by atoms with E-state index in [0.717, 1.165) is 16.5 Å². The molecule has 2 aromatic heterocycles. The van der Waals surface area contributed by atoms with E-state index in [-0.39, 0.29) is 12.4 Å². The van der Waals surface area contributed by atoms with E-state index in [9.17, 15) is 14.0 Å². The van der Waals surface area contributed by atoms with E-state index in [4.69, 9.17) is 4.42 Å². The number of aromatic nitrogens is 3. The third-order valence-corrected chi connectivity index (χ3v) is 4.53. The number of aryl methyl sites for hydroxylation is 1. The van der Waals surface area contributed by atoms with Crippen molar-refractivity contribution in [2.24, 2.45) is 0 Å². The monoisotopic (exact) mass is 407 g/mol. The lowest BCUT2D eigenvalue weighted by Gasteiger charge is -2.07. The van der Waals surface area contributed by atoms with Gasteiger partial charge in [0.2, 0.25) is 11.8 Å². The molecule has 3 N–H and O–H groups in total. The van der Waals surface area contributed by atoms with Crippen LogP contribution in [-0.2, 0) is 16.0 Å². The van der Waals surface area contributed by atoms with Gasteiger partial charge in [-0.25, -0.2) is 4.39 Å². The number of amides is 2. The van der Waals surface area contributed by atoms with Crippen molar-refractivity contribution < 1.29 is 18.4 Å². The number of anilines is 1. The summed E-state index contributed by atoms with van der Waals surface area (Å²) < 4.78 is 18.8. The van der Waals surface area contributed by atoms with Crippen molar-refractivity contribution in [3.05, 3.63) is 65.9 Å². The maximum atomic E-state index is 13.4. The van der Waals surface area contributed by atoms with Gasteiger partial charge in [-0.3, -0.25) is 9.59 Å². The second-order valence-corrected chi connectivity index (χ2v) is 6.67. The molecule has 0 saturated carbocycles. The van der Waals surface area contributed by atoms with E-state index < -0.39 is 11.8 Å². The molecule has 0 aliphatic carbocycles. The zero-order valence-corrected chi connectivity index (χ0v) is 16.0. The fourth-order valence-corrected chi connectivity index (χ4v) is 3.05. The van der Waals surface area contributed by atoms with Crippen LogP contribution < -0.4 is 10.6 Å². The Morgan fingerprint density at radius 3 is 2.63 bits per heavy atom. The summed E-state index contributed by atoms with van der Waals surface area (Å²) >= 11 is 0. The number of benzene rings is 2. The lowest BCUT2D eigenvalue weighted by molar-refractivity contribution is -0.136. The van der Waals surface area contributed by atoms with Crippen LogP contribution in [0, 0.1) is 12.7 Å². The summed E-state index contributed by atoms with van der Waals surface area (Å²) in [5.41, 5.74) is 2.84. The molecule has 2 amide bonds. The van der Waals surface area contributed by atoms with Crippen LogP contribution in [0.15, 0.2) is 53.1 Å². The molecule has 4 aromatic rings. The molecule has 2 aromatic carbocycles. The highest BCUT2D eigenvalue weighted by molar-refractivity contribution is 6.39. The Balaban J connectivity index is 1.30. The molecule has 2 heterocycles. The van der Waals surface area contributed by atoms with Crippen LogP contribution in [0.2, 0.25) is 0 Å². The number of nitrogens with zero attached hydrogens (tertiary/aromatic N) is 2. The minimum atomic E-state index is -0.777. The Morgan fingerprint density at radius 2 is 1.90 bits per heavy atom. The second-order valence-electron chi connectivity index (χ2n) is 6.67. The minimum absolute atomic E-state index is 0.241. The minimum Gasteiger partial charge on any atom is -0.421 e. The molecular weight excluding hydrogens is 389 g/mol. The van der Waals surface area contributed by atoms with Gasteiger partial charge in [-0.15, -0.1) is 10.2 Å². The van der Waals surface area contributed by atoms with Crippen LogP contribution in [-0.4, -0.2) is 33.5 Å². The van der Waals surface area contributed by atoms with Crippen molar-refractivity contribution in [3.63, 3.8) is 0 Å². The Kier molecular flexibility index (Phi) is 5.25. The van der Waals surface area contributed by atoms with Gasteiger partial charge in [0.1, 0.15) is 5.82 Å². The van der Waals surface area contributed by atoms with Crippen LogP contribution in [0.3, 0.4) is 0 Å². The predicted octanol–water partition coefficient (Wildman–Crippen LogP) is 2.96. The molecule has 0 atom stereocenters. The number of hydrogen-bond donors (Lipinski definition) is 3. The molecule has 0 saturated heterocycles. The number of rotatable bonds is 5. The first-order chi connectivity index (χ1) is 14.5. The van der Waals surface area contributed by atoms with Crippen molar-refractivity contribution in [2.75, 3.05) is 11.9 Å². The average molecular weight is 407 g/mol. The van der Waals surface area contributed by atoms with Crippen molar-refractivity contribution >= 4 is 28.4 Å². The molecule has 0 fully saturated rings. The zero-order valence-electron chi connectivity index (χ0n) is 16.0. The molecule has 0 unspecified atom stereocenters. The second kappa shape index (κ2) is 8.16. The number of fused-ring (bicyclic) bond motifs is 1. The summed E-state index contributed by atoms with van der Waals surface area (Å²) in [5.74, 6) is -1.02. The molecule has 0 aliphatic heterocycles. The highest BCUT2D eigenvalue weighted by Crippen LogP contribution is 2.21. The summed E-state index contributed by atoms with van der Waals surface area (Å²) in [6.45, 7) is 1.94. The van der Waals surface area contributed by atoms with Crippen molar-refractivity contribution in [3.8, 4) is 11.5 Å². The van der Waals surface area contributed by atoms with Gasteiger partial charge in [0, 0.05) is 41.8 Å². The molecule has 0 bridgehead atoms. The summed E-state index contributed by atoms with van der Waals surface area (Å²) in [5, 5.41) is 13.5. The topological polar surface area (TPSA) is 113 Å². The fourth-order valence-electron chi connectivity index (χ4n) is 3.05. The van der Waals surface area contributed by atoms with Crippen LogP contribution in [0.4, 0.5) is 10.1 Å². The van der Waals surface area contributed by atoms with Crippen molar-refractivity contribution in [2.45, 2.75) is 13.3 Å². The summed E-state index contributed by atoms with van der Waals surface area (Å²) in [4.78, 5) is 27.2. The van der Waals surface area contributed by atoms with Gasteiger partial charge in [-0.05, 0) is 54.4 Å². The summed E-state index contributed by atoms with van der Waals surface area (Å²) in [7, 11) is 0. The van der Waals surface area contributed by atoms with Gasteiger partial charge in [0.25, 0.3) is 0 Å². The maximum Gasteiger partial charge on any atom is 0.313 e. The third kappa shape index (κ3) is 4.19. The van der Waals surface area contributed by atoms with Gasteiger partial charge in [0.05, 0.1) is 0 Å². The van der Waals surface area contributed by atoms with Crippen LogP contribution >= 0.6 is 0 Å². The van der Waals surface area contributed by atoms with Gasteiger partial charge in [0.15, 0.2) is 0 Å². The first-order valence-corrected chi connectivity index (χ1v) is 9.25. The molecule has 9 heteroatoms. The molecule has 152 valence electrons. The normalized spacial score (nSPS) is 10.9. The molecule has 0 spiro atoms. The van der Waals surface area contributed by atoms with E-state index >= 15 is 0 Å². The van der Waals surface area contributed by atoms with Gasteiger partial charge in [-0.2, -0.15) is 0 Å². The number of H-pyrrole nitrogens is 1. The molecular formula is C21H18FN5O3. The SMILES string of the molecule is Cc1nnc(-c2ccc(NC(=O)C(=O)NCCc3c[nH]c4ccc(F)cc34)cc2)o1. The van der Waals surface area contributed by atoms with Gasteiger partial charge < -0.3 is 20.0 Å². The van der Waals surface area contributed by atoms with E-state index in [0.29, 0.717) is 29.5 Å². The van der Waals surface area contributed by atoms with E-state index in [1.54, 1.807) is 43.5 Å². The highest BCUT2D eigenvalue weighted by Gasteiger charge is 2.14. The standard InChI is InChI=1S/C21H18FN5O3/c1-12-26-27-21(30-12)13-2-5-16(6-3-13)25-20(29)19(28)23-9-8-14-11-24-18-7-4-15(22)10-17(14)18/h2-7,10-11,24H,8-9H2,1H3,(H,23,28)(H,25,29). The largest absolute Gasteiger partial charge is 0.421 e. The first kappa shape index (κ1) is 19.3. The Labute approximate surface area is 170 Å². The number of hydrogen-bond acceptors (Lipinski definition) is 5. The van der Waals surface area contributed by atoms with E-state index in [2.05, 4.69) is 25.8 Å². The van der Waals surface area contributed by atoms with Gasteiger partial charge >= 0.3 is 11.8 Å².